The maximum Gasteiger partial charge on any atom is 0.123 e. The van der Waals surface area contributed by atoms with Gasteiger partial charge < -0.3 is 4.79 Å². The normalized spacial score (nSPS) is 37.6. The Morgan fingerprint density at radius 1 is 1.50 bits per heavy atom. The van der Waals surface area contributed by atoms with Crippen LogP contribution in [0.3, 0.4) is 0 Å². The molecule has 1 fully saturated rings. The summed E-state index contributed by atoms with van der Waals surface area (Å²) in [6, 6.07) is 0. The van der Waals surface area contributed by atoms with Crippen molar-refractivity contribution < 1.29 is 4.79 Å². The van der Waals surface area contributed by atoms with E-state index in [1.165, 1.54) is 12.8 Å². The highest BCUT2D eigenvalue weighted by Gasteiger charge is 2.21. The third-order valence-electron chi connectivity index (χ3n) is 2.10. The summed E-state index contributed by atoms with van der Waals surface area (Å²) >= 11 is 0. The molecule has 0 aromatic heterocycles. The third-order valence-corrected chi connectivity index (χ3v) is 2.10. The van der Waals surface area contributed by atoms with Gasteiger partial charge in [-0.05, 0) is 12.3 Å². The second kappa shape index (κ2) is 2.29. The molecule has 0 amide bonds. The fraction of sp³-hybridized carbons (Fsp3) is 0.857. The molecule has 1 saturated carbocycles. The highest BCUT2D eigenvalue weighted by molar-refractivity contribution is 5.54. The van der Waals surface area contributed by atoms with Crippen LogP contribution in [0.15, 0.2) is 0 Å². The van der Waals surface area contributed by atoms with Gasteiger partial charge in [0.1, 0.15) is 6.29 Å². The van der Waals surface area contributed by atoms with Crippen LogP contribution >= 0.6 is 0 Å². The highest BCUT2D eigenvalue weighted by atomic mass is 16.1. The van der Waals surface area contributed by atoms with Gasteiger partial charge in [-0.3, -0.25) is 0 Å². The molecule has 1 rings (SSSR count). The molecule has 0 radical (unpaired) electrons. The van der Waals surface area contributed by atoms with Crippen molar-refractivity contribution in [3.05, 3.63) is 0 Å². The Hall–Kier alpha value is -0.330. The van der Waals surface area contributed by atoms with Crippen LogP contribution in [0.25, 0.3) is 0 Å². The minimum absolute atomic E-state index is 0.384. The molecule has 0 spiro atoms. The predicted molar refractivity (Wildman–Crippen MR) is 32.6 cm³/mol. The van der Waals surface area contributed by atoms with Crippen molar-refractivity contribution in [3.63, 3.8) is 0 Å². The average Bonchev–Trinajstić information content (AvgIpc) is 2.14. The highest BCUT2D eigenvalue weighted by Crippen LogP contribution is 2.28. The van der Waals surface area contributed by atoms with Crippen LogP contribution in [0.4, 0.5) is 0 Å². The zero-order valence-corrected chi connectivity index (χ0v) is 5.26. The van der Waals surface area contributed by atoms with Gasteiger partial charge in [-0.25, -0.2) is 0 Å². The van der Waals surface area contributed by atoms with Gasteiger partial charge in [0.25, 0.3) is 0 Å². The lowest BCUT2D eigenvalue weighted by Crippen LogP contribution is -2.03. The Labute approximate surface area is 50.1 Å². The van der Waals surface area contributed by atoms with E-state index in [-0.39, 0.29) is 0 Å². The molecule has 1 aliphatic carbocycles. The summed E-state index contributed by atoms with van der Waals surface area (Å²) < 4.78 is 0. The molecule has 46 valence electrons. The topological polar surface area (TPSA) is 17.1 Å². The smallest absolute Gasteiger partial charge is 0.123 e. The van der Waals surface area contributed by atoms with Crippen molar-refractivity contribution >= 4 is 6.29 Å². The summed E-state index contributed by atoms with van der Waals surface area (Å²) in [5.41, 5.74) is 0. The first-order chi connectivity index (χ1) is 3.84. The van der Waals surface area contributed by atoms with Crippen LogP contribution in [0.5, 0.6) is 0 Å². The Balaban J connectivity index is 2.41. The predicted octanol–water partition coefficient (Wildman–Crippen LogP) is 1.62. The van der Waals surface area contributed by atoms with Crippen LogP contribution in [-0.4, -0.2) is 6.29 Å². The maximum atomic E-state index is 10.2. The quantitative estimate of drug-likeness (QED) is 0.471. The van der Waals surface area contributed by atoms with E-state index in [1.807, 2.05) is 0 Å². The second-order valence-corrected chi connectivity index (χ2v) is 2.71. The summed E-state index contributed by atoms with van der Waals surface area (Å²) in [7, 11) is 0. The summed E-state index contributed by atoms with van der Waals surface area (Å²) in [4.78, 5) is 10.2. The Bertz CT molecular complexity index is 88.4. The fourth-order valence-corrected chi connectivity index (χ4v) is 1.38. The third kappa shape index (κ3) is 0.908. The molecule has 1 aliphatic rings. The van der Waals surface area contributed by atoms with Crippen LogP contribution < -0.4 is 0 Å². The van der Waals surface area contributed by atoms with Gasteiger partial charge in [0.05, 0.1) is 0 Å². The molecule has 0 heterocycles. The number of rotatable bonds is 1. The lowest BCUT2D eigenvalue weighted by atomic mass is 10.0. The lowest BCUT2D eigenvalue weighted by molar-refractivity contribution is -0.111. The number of aldehydes is 1. The molecule has 0 aromatic rings. The molecular formula is C7H12O. The largest absolute Gasteiger partial charge is 0.303 e. The maximum absolute atomic E-state index is 10.2. The molecule has 8 heavy (non-hydrogen) atoms. The first-order valence-electron chi connectivity index (χ1n) is 3.30. The zero-order valence-electron chi connectivity index (χ0n) is 5.26. The number of hydrogen-bond donors (Lipinski definition) is 0. The minimum Gasteiger partial charge on any atom is -0.303 e. The molecule has 0 aromatic carbocycles. The van der Waals surface area contributed by atoms with E-state index in [2.05, 4.69) is 6.92 Å². The first kappa shape index (κ1) is 5.80. The van der Waals surface area contributed by atoms with Gasteiger partial charge in [0.15, 0.2) is 0 Å². The van der Waals surface area contributed by atoms with Crippen LogP contribution in [0, 0.1) is 11.8 Å². The SMILES string of the molecule is C[C@@H]1CCC[C@H]1C=O. The van der Waals surface area contributed by atoms with Crippen molar-refractivity contribution in [2.45, 2.75) is 26.2 Å². The van der Waals surface area contributed by atoms with Crippen molar-refractivity contribution in [3.8, 4) is 0 Å². The molecule has 0 aliphatic heterocycles. The Morgan fingerprint density at radius 3 is 2.50 bits per heavy atom. The van der Waals surface area contributed by atoms with Crippen molar-refractivity contribution in [2.24, 2.45) is 11.8 Å². The molecule has 0 N–H and O–H groups in total. The van der Waals surface area contributed by atoms with Crippen LogP contribution in [0.2, 0.25) is 0 Å². The van der Waals surface area contributed by atoms with Gasteiger partial charge in [-0.1, -0.05) is 19.8 Å². The van der Waals surface area contributed by atoms with Crippen molar-refractivity contribution in [1.29, 1.82) is 0 Å². The summed E-state index contributed by atoms with van der Waals surface area (Å²) in [6.07, 6.45) is 4.75. The molecular weight excluding hydrogens is 100 g/mol. The van der Waals surface area contributed by atoms with Crippen LogP contribution in [-0.2, 0) is 4.79 Å². The fourth-order valence-electron chi connectivity index (χ4n) is 1.38. The molecule has 0 bridgehead atoms. The van der Waals surface area contributed by atoms with E-state index in [9.17, 15) is 4.79 Å². The van der Waals surface area contributed by atoms with E-state index in [0.29, 0.717) is 11.8 Å². The van der Waals surface area contributed by atoms with Crippen molar-refractivity contribution in [2.75, 3.05) is 0 Å². The molecule has 1 nitrogen and oxygen atoms in total. The van der Waals surface area contributed by atoms with E-state index in [1.54, 1.807) is 0 Å². The van der Waals surface area contributed by atoms with Gasteiger partial charge in [0.2, 0.25) is 0 Å². The molecule has 2 atom stereocenters. The summed E-state index contributed by atoms with van der Waals surface area (Å²) in [5, 5.41) is 0. The minimum atomic E-state index is 0.384. The summed E-state index contributed by atoms with van der Waals surface area (Å²) in [6.45, 7) is 2.16. The Kier molecular flexibility index (Phi) is 1.66. The average molecular weight is 112 g/mol. The number of hydrogen-bond acceptors (Lipinski definition) is 1. The second-order valence-electron chi connectivity index (χ2n) is 2.71. The zero-order chi connectivity index (χ0) is 5.98. The first-order valence-corrected chi connectivity index (χ1v) is 3.30. The molecule has 1 heteroatoms. The number of carbonyl (C=O) groups is 1. The molecule has 0 unspecified atom stereocenters. The molecule has 0 saturated heterocycles. The number of carbonyl (C=O) groups excluding carboxylic acids is 1. The van der Waals surface area contributed by atoms with E-state index >= 15 is 0 Å². The van der Waals surface area contributed by atoms with Gasteiger partial charge in [-0.15, -0.1) is 0 Å². The Morgan fingerprint density at radius 2 is 2.25 bits per heavy atom. The van der Waals surface area contributed by atoms with Gasteiger partial charge >= 0.3 is 0 Å². The van der Waals surface area contributed by atoms with Crippen molar-refractivity contribution in [1.82, 2.24) is 0 Å². The van der Waals surface area contributed by atoms with E-state index in [4.69, 9.17) is 0 Å². The van der Waals surface area contributed by atoms with Crippen LogP contribution in [0.1, 0.15) is 26.2 Å². The van der Waals surface area contributed by atoms with Gasteiger partial charge in [-0.2, -0.15) is 0 Å². The lowest BCUT2D eigenvalue weighted by Gasteiger charge is -2.03. The van der Waals surface area contributed by atoms with Gasteiger partial charge in [0, 0.05) is 5.92 Å². The van der Waals surface area contributed by atoms with E-state index < -0.39 is 0 Å². The monoisotopic (exact) mass is 112 g/mol. The summed E-state index contributed by atoms with van der Waals surface area (Å²) in [5.74, 6) is 1.04. The standard InChI is InChI=1S/C7H12O/c1-6-3-2-4-7(6)5-8/h5-7H,2-4H2,1H3/t6-,7+/m1/s1. The van der Waals surface area contributed by atoms with E-state index in [0.717, 1.165) is 12.7 Å².